The van der Waals surface area contributed by atoms with E-state index in [1.165, 1.54) is 11.1 Å². The smallest absolute Gasteiger partial charge is 0.250 e. The molecule has 1 amide bonds. The molecule has 0 heterocycles. The molecular weight excluding hydrogens is 276 g/mol. The summed E-state index contributed by atoms with van der Waals surface area (Å²) in [5.41, 5.74) is 4.54. The van der Waals surface area contributed by atoms with Crippen LogP contribution in [0.5, 0.6) is 0 Å². The number of carbonyl (C=O) groups excluding carboxylic acids is 1. The van der Waals surface area contributed by atoms with E-state index < -0.39 is 12.5 Å². The van der Waals surface area contributed by atoms with Gasteiger partial charge in [-0.3, -0.25) is 4.79 Å². The first-order chi connectivity index (χ1) is 10.7. The Labute approximate surface area is 130 Å². The van der Waals surface area contributed by atoms with Gasteiger partial charge in [0.2, 0.25) is 5.91 Å². The molecule has 0 spiro atoms. The molecule has 1 unspecified atom stereocenters. The van der Waals surface area contributed by atoms with Crippen molar-refractivity contribution >= 4 is 17.3 Å². The molecule has 4 nitrogen and oxygen atoms in total. The van der Waals surface area contributed by atoms with E-state index in [9.17, 15) is 4.79 Å². The van der Waals surface area contributed by atoms with Crippen LogP contribution < -0.4 is 10.6 Å². The summed E-state index contributed by atoms with van der Waals surface area (Å²) in [5, 5.41) is 15.0. The van der Waals surface area contributed by atoms with Gasteiger partial charge in [0, 0.05) is 17.4 Å². The van der Waals surface area contributed by atoms with Crippen molar-refractivity contribution in [3.63, 3.8) is 0 Å². The quantitative estimate of drug-likeness (QED) is 0.812. The average molecular weight is 296 g/mol. The number of hydrogen-bond donors (Lipinski definition) is 3. The number of hydrogen-bond acceptors (Lipinski definition) is 3. The first kappa shape index (κ1) is 14.6. The fraction of sp³-hybridized carbons (Fsp3) is 0.278. The van der Waals surface area contributed by atoms with Crippen LogP contribution in [0.15, 0.2) is 48.5 Å². The van der Waals surface area contributed by atoms with Gasteiger partial charge in [-0.1, -0.05) is 30.3 Å². The van der Waals surface area contributed by atoms with Crippen molar-refractivity contribution in [2.75, 3.05) is 17.2 Å². The molecule has 0 fully saturated rings. The number of carbonyl (C=O) groups is 1. The highest BCUT2D eigenvalue weighted by atomic mass is 16.3. The van der Waals surface area contributed by atoms with E-state index in [1.54, 1.807) is 0 Å². The minimum Gasteiger partial charge on any atom is -0.387 e. The molecule has 3 rings (SSSR count). The highest BCUT2D eigenvalue weighted by molar-refractivity contribution is 5.91. The lowest BCUT2D eigenvalue weighted by Crippen LogP contribution is -2.27. The lowest BCUT2D eigenvalue weighted by molar-refractivity contribution is -0.118. The predicted octanol–water partition coefficient (Wildman–Crippen LogP) is 2.59. The molecule has 2 aromatic carbocycles. The maximum absolute atomic E-state index is 11.2. The minimum atomic E-state index is -0.503. The molecule has 1 aliphatic carbocycles. The zero-order chi connectivity index (χ0) is 15.4. The summed E-state index contributed by atoms with van der Waals surface area (Å²) >= 11 is 0. The Balaban J connectivity index is 1.67. The summed E-state index contributed by atoms with van der Waals surface area (Å²) in [4.78, 5) is 11.2. The zero-order valence-corrected chi connectivity index (χ0v) is 12.4. The molecule has 3 N–H and O–H groups in total. The normalized spacial score (nSPS) is 16.7. The Morgan fingerprint density at radius 3 is 2.68 bits per heavy atom. The number of anilines is 2. The van der Waals surface area contributed by atoms with Gasteiger partial charge >= 0.3 is 0 Å². The first-order valence-electron chi connectivity index (χ1n) is 7.58. The minimum absolute atomic E-state index is 0.399. The molecule has 114 valence electrons. The molecule has 1 aliphatic rings. The number of aliphatic hydroxyl groups is 1. The fourth-order valence-electron chi connectivity index (χ4n) is 2.94. The number of rotatable bonds is 4. The van der Waals surface area contributed by atoms with Gasteiger partial charge in [-0.15, -0.1) is 0 Å². The molecule has 22 heavy (non-hydrogen) atoms. The van der Waals surface area contributed by atoms with Crippen molar-refractivity contribution in [1.82, 2.24) is 0 Å². The fourth-order valence-corrected chi connectivity index (χ4v) is 2.94. The summed E-state index contributed by atoms with van der Waals surface area (Å²) in [5.74, 6) is -0.399. The van der Waals surface area contributed by atoms with Gasteiger partial charge in [-0.25, -0.2) is 0 Å². The van der Waals surface area contributed by atoms with Gasteiger partial charge in [-0.05, 0) is 48.6 Å². The Hall–Kier alpha value is -2.33. The molecule has 0 saturated heterocycles. The molecule has 0 bridgehead atoms. The molecule has 0 saturated carbocycles. The van der Waals surface area contributed by atoms with E-state index in [0.29, 0.717) is 11.7 Å². The number of benzene rings is 2. The van der Waals surface area contributed by atoms with Crippen LogP contribution in [-0.2, 0) is 17.6 Å². The van der Waals surface area contributed by atoms with Crippen LogP contribution in [0.25, 0.3) is 0 Å². The number of fused-ring (bicyclic) bond motifs is 1. The third-order valence-electron chi connectivity index (χ3n) is 4.01. The van der Waals surface area contributed by atoms with Crippen molar-refractivity contribution in [2.24, 2.45) is 0 Å². The predicted molar refractivity (Wildman–Crippen MR) is 88.0 cm³/mol. The maximum atomic E-state index is 11.2. The second kappa shape index (κ2) is 6.62. The molecular formula is C18H20N2O2. The lowest BCUT2D eigenvalue weighted by atomic mass is 9.88. The summed E-state index contributed by atoms with van der Waals surface area (Å²) < 4.78 is 0. The highest BCUT2D eigenvalue weighted by Crippen LogP contribution is 2.24. The molecule has 2 aromatic rings. The Morgan fingerprint density at radius 1 is 1.09 bits per heavy atom. The number of nitrogens with one attached hydrogen (secondary N) is 2. The third-order valence-corrected chi connectivity index (χ3v) is 4.01. The van der Waals surface area contributed by atoms with Gasteiger partial charge in [0.1, 0.15) is 6.61 Å². The largest absolute Gasteiger partial charge is 0.387 e. The monoisotopic (exact) mass is 296 g/mol. The zero-order valence-electron chi connectivity index (χ0n) is 12.4. The summed E-state index contributed by atoms with van der Waals surface area (Å²) in [6.07, 6.45) is 3.21. The molecule has 0 aliphatic heterocycles. The highest BCUT2D eigenvalue weighted by Gasteiger charge is 2.17. The van der Waals surface area contributed by atoms with Crippen LogP contribution in [0.4, 0.5) is 11.4 Å². The molecule has 1 atom stereocenters. The van der Waals surface area contributed by atoms with Crippen LogP contribution in [0.1, 0.15) is 17.5 Å². The number of aliphatic hydroxyl groups excluding tert-OH is 1. The second-order valence-electron chi connectivity index (χ2n) is 5.64. The van der Waals surface area contributed by atoms with E-state index >= 15 is 0 Å². The van der Waals surface area contributed by atoms with Crippen LogP contribution in [0.3, 0.4) is 0 Å². The Bertz CT molecular complexity index is 670. The van der Waals surface area contributed by atoms with E-state index in [0.717, 1.165) is 24.9 Å². The van der Waals surface area contributed by atoms with Crippen molar-refractivity contribution in [3.05, 3.63) is 59.7 Å². The first-order valence-corrected chi connectivity index (χ1v) is 7.58. The maximum Gasteiger partial charge on any atom is 0.250 e. The summed E-state index contributed by atoms with van der Waals surface area (Å²) in [6, 6.07) is 16.6. The molecule has 0 radical (unpaired) electrons. The van der Waals surface area contributed by atoms with Crippen LogP contribution in [0, 0.1) is 0 Å². The van der Waals surface area contributed by atoms with Crippen molar-refractivity contribution in [1.29, 1.82) is 0 Å². The van der Waals surface area contributed by atoms with E-state index in [1.807, 2.05) is 24.3 Å². The van der Waals surface area contributed by atoms with Crippen molar-refractivity contribution in [2.45, 2.75) is 25.3 Å². The van der Waals surface area contributed by atoms with Gasteiger partial charge in [0.15, 0.2) is 0 Å². The number of aryl methyl sites for hydroxylation is 1. The van der Waals surface area contributed by atoms with Crippen LogP contribution in [-0.4, -0.2) is 23.7 Å². The van der Waals surface area contributed by atoms with E-state index in [-0.39, 0.29) is 0 Å². The van der Waals surface area contributed by atoms with Crippen molar-refractivity contribution < 1.29 is 9.90 Å². The number of amides is 1. The molecule has 4 heteroatoms. The van der Waals surface area contributed by atoms with Crippen LogP contribution in [0.2, 0.25) is 0 Å². The third kappa shape index (κ3) is 3.46. The second-order valence-corrected chi connectivity index (χ2v) is 5.64. The van der Waals surface area contributed by atoms with E-state index in [4.69, 9.17) is 5.11 Å². The van der Waals surface area contributed by atoms with Gasteiger partial charge in [-0.2, -0.15) is 0 Å². The average Bonchev–Trinajstić information content (AvgIpc) is 2.55. The Kier molecular flexibility index (Phi) is 4.39. The summed E-state index contributed by atoms with van der Waals surface area (Å²) in [6.45, 7) is -0.503. The van der Waals surface area contributed by atoms with E-state index in [2.05, 4.69) is 34.9 Å². The lowest BCUT2D eigenvalue weighted by Gasteiger charge is -2.26. The van der Waals surface area contributed by atoms with Gasteiger partial charge in [0.05, 0.1) is 0 Å². The Morgan fingerprint density at radius 2 is 1.86 bits per heavy atom. The SMILES string of the molecule is O=C(CO)Nc1cccc(NC2CCc3ccccc3C2)c1. The topological polar surface area (TPSA) is 61.4 Å². The van der Waals surface area contributed by atoms with Crippen LogP contribution >= 0.6 is 0 Å². The standard InChI is InChI=1S/C18H20N2O2/c21-12-18(22)20-16-7-3-6-15(11-16)19-17-9-8-13-4-1-2-5-14(13)10-17/h1-7,11,17,19,21H,8-10,12H2,(H,20,22). The van der Waals surface area contributed by atoms with Gasteiger partial charge < -0.3 is 15.7 Å². The van der Waals surface area contributed by atoms with Crippen molar-refractivity contribution in [3.8, 4) is 0 Å². The summed E-state index contributed by atoms with van der Waals surface area (Å²) in [7, 11) is 0. The van der Waals surface area contributed by atoms with Gasteiger partial charge in [0.25, 0.3) is 0 Å². The molecule has 0 aromatic heterocycles.